The average Bonchev–Trinajstić information content (AvgIpc) is 2.37. The fourth-order valence-corrected chi connectivity index (χ4v) is 1.91. The van der Waals surface area contributed by atoms with E-state index in [-0.39, 0.29) is 5.97 Å². The molecule has 1 heterocycles. The minimum atomic E-state index is -0.470. The molecule has 0 saturated heterocycles. The van der Waals surface area contributed by atoms with Gasteiger partial charge in [0.25, 0.3) is 0 Å². The van der Waals surface area contributed by atoms with Gasteiger partial charge in [0, 0.05) is 0 Å². The Balaban J connectivity index is 2.16. The van der Waals surface area contributed by atoms with Gasteiger partial charge in [0.15, 0.2) is 6.10 Å². The first-order valence-corrected chi connectivity index (χ1v) is 5.83. The quantitative estimate of drug-likeness (QED) is 0.751. The van der Waals surface area contributed by atoms with Crippen molar-refractivity contribution in [3.63, 3.8) is 0 Å². The fraction of sp³-hybridized carbons (Fsp3) is 0.357. The maximum atomic E-state index is 11.6. The van der Waals surface area contributed by atoms with Gasteiger partial charge in [0.2, 0.25) is 0 Å². The molecule has 0 aliphatic carbocycles. The molecule has 0 bridgehead atoms. The van der Waals surface area contributed by atoms with E-state index in [1.807, 2.05) is 18.2 Å². The van der Waals surface area contributed by atoms with Crippen molar-refractivity contribution >= 4 is 12.0 Å². The largest absolute Gasteiger partial charge is 0.478 e. The van der Waals surface area contributed by atoms with Gasteiger partial charge in [0.1, 0.15) is 5.75 Å². The van der Waals surface area contributed by atoms with Crippen molar-refractivity contribution in [2.24, 2.45) is 0 Å². The van der Waals surface area contributed by atoms with Crippen LogP contribution in [0.25, 0.3) is 6.08 Å². The van der Waals surface area contributed by atoms with E-state index in [9.17, 15) is 4.79 Å². The Morgan fingerprint density at radius 2 is 2.47 bits per heavy atom. The highest BCUT2D eigenvalue weighted by molar-refractivity contribution is 5.75. The Labute approximate surface area is 101 Å². The number of esters is 1. The molecular formula is C14H16O3. The molecule has 2 rings (SSSR count). The van der Waals surface area contributed by atoms with Crippen LogP contribution in [0, 0.1) is 0 Å². The molecule has 1 aromatic carbocycles. The molecule has 1 atom stereocenters. The van der Waals surface area contributed by atoms with Crippen molar-refractivity contribution in [2.45, 2.75) is 25.9 Å². The van der Waals surface area contributed by atoms with Crippen LogP contribution in [-0.4, -0.2) is 18.7 Å². The summed E-state index contributed by atoms with van der Waals surface area (Å²) in [6.45, 7) is 5.90. The molecule has 0 fully saturated rings. The Hall–Kier alpha value is -1.77. The van der Waals surface area contributed by atoms with Gasteiger partial charge in [-0.15, -0.1) is 0 Å². The highest BCUT2D eigenvalue weighted by Crippen LogP contribution is 2.29. The van der Waals surface area contributed by atoms with Crippen molar-refractivity contribution in [1.82, 2.24) is 0 Å². The number of carbonyl (C=O) groups is 1. The summed E-state index contributed by atoms with van der Waals surface area (Å²) in [7, 11) is 0. The van der Waals surface area contributed by atoms with E-state index in [2.05, 4.69) is 6.58 Å². The molecule has 0 amide bonds. The molecule has 1 aromatic rings. The highest BCUT2D eigenvalue weighted by atomic mass is 16.6. The highest BCUT2D eigenvalue weighted by Gasteiger charge is 2.27. The lowest BCUT2D eigenvalue weighted by atomic mass is 10.0. The Kier molecular flexibility index (Phi) is 3.47. The van der Waals surface area contributed by atoms with Crippen molar-refractivity contribution in [1.29, 1.82) is 0 Å². The number of benzene rings is 1. The lowest BCUT2D eigenvalue weighted by Gasteiger charge is -2.24. The molecule has 3 heteroatoms. The Morgan fingerprint density at radius 3 is 3.18 bits per heavy atom. The van der Waals surface area contributed by atoms with Crippen LogP contribution in [0.1, 0.15) is 24.5 Å². The van der Waals surface area contributed by atoms with Crippen LogP contribution < -0.4 is 4.74 Å². The molecule has 0 saturated carbocycles. The third kappa shape index (κ3) is 2.49. The van der Waals surface area contributed by atoms with Gasteiger partial charge in [-0.1, -0.05) is 24.8 Å². The fourth-order valence-electron chi connectivity index (χ4n) is 1.91. The number of hydrogen-bond acceptors (Lipinski definition) is 3. The van der Waals surface area contributed by atoms with E-state index in [1.54, 1.807) is 13.0 Å². The monoisotopic (exact) mass is 232 g/mol. The van der Waals surface area contributed by atoms with E-state index in [0.717, 1.165) is 23.3 Å². The zero-order valence-electron chi connectivity index (χ0n) is 9.94. The van der Waals surface area contributed by atoms with Gasteiger partial charge in [-0.2, -0.15) is 0 Å². The molecule has 3 nitrogen and oxygen atoms in total. The summed E-state index contributed by atoms with van der Waals surface area (Å²) in [4.78, 5) is 11.6. The van der Waals surface area contributed by atoms with E-state index in [1.165, 1.54) is 0 Å². The van der Waals surface area contributed by atoms with Crippen LogP contribution in [0.3, 0.4) is 0 Å². The Morgan fingerprint density at radius 1 is 1.65 bits per heavy atom. The normalized spacial score (nSPS) is 17.8. The second kappa shape index (κ2) is 5.04. The average molecular weight is 232 g/mol. The first-order valence-electron chi connectivity index (χ1n) is 5.83. The van der Waals surface area contributed by atoms with Gasteiger partial charge in [-0.25, -0.2) is 4.79 Å². The first kappa shape index (κ1) is 11.7. The van der Waals surface area contributed by atoms with Gasteiger partial charge < -0.3 is 9.47 Å². The van der Waals surface area contributed by atoms with E-state index in [0.29, 0.717) is 13.0 Å². The van der Waals surface area contributed by atoms with Crippen LogP contribution >= 0.6 is 0 Å². The minimum absolute atomic E-state index is 0.276. The van der Waals surface area contributed by atoms with E-state index in [4.69, 9.17) is 9.47 Å². The molecule has 0 spiro atoms. The molecule has 90 valence electrons. The van der Waals surface area contributed by atoms with Crippen LogP contribution in [0.2, 0.25) is 0 Å². The molecule has 17 heavy (non-hydrogen) atoms. The molecule has 0 aromatic heterocycles. The van der Waals surface area contributed by atoms with Crippen LogP contribution in [0.15, 0.2) is 24.8 Å². The number of aryl methyl sites for hydroxylation is 1. The smallest absolute Gasteiger partial charge is 0.347 e. The van der Waals surface area contributed by atoms with Crippen LogP contribution in [0.5, 0.6) is 5.75 Å². The molecule has 1 aliphatic rings. The SMILES string of the molecule is C=Cc1ccc2c(c1)OC(C(=O)OCC)CC2. The lowest BCUT2D eigenvalue weighted by Crippen LogP contribution is -2.32. The van der Waals surface area contributed by atoms with E-state index < -0.39 is 6.10 Å². The summed E-state index contributed by atoms with van der Waals surface area (Å²) >= 11 is 0. The standard InChI is InChI=1S/C14H16O3/c1-3-10-5-6-11-7-8-12(14(15)16-4-2)17-13(11)9-10/h3,5-6,9,12H,1,4,7-8H2,2H3. The van der Waals surface area contributed by atoms with Crippen molar-refractivity contribution in [3.05, 3.63) is 35.9 Å². The number of ether oxygens (including phenoxy) is 2. The van der Waals surface area contributed by atoms with Crippen molar-refractivity contribution in [3.8, 4) is 5.75 Å². The van der Waals surface area contributed by atoms with Gasteiger partial charge in [-0.3, -0.25) is 0 Å². The summed E-state index contributed by atoms with van der Waals surface area (Å²) in [6.07, 6.45) is 2.81. The minimum Gasteiger partial charge on any atom is -0.478 e. The predicted molar refractivity (Wildman–Crippen MR) is 65.9 cm³/mol. The molecule has 0 radical (unpaired) electrons. The van der Waals surface area contributed by atoms with Crippen molar-refractivity contribution < 1.29 is 14.3 Å². The van der Waals surface area contributed by atoms with Crippen LogP contribution in [0.4, 0.5) is 0 Å². The van der Waals surface area contributed by atoms with Gasteiger partial charge in [-0.05, 0) is 37.0 Å². The topological polar surface area (TPSA) is 35.5 Å². The third-order valence-electron chi connectivity index (χ3n) is 2.82. The number of rotatable bonds is 3. The predicted octanol–water partition coefficient (Wildman–Crippen LogP) is 2.59. The Bertz CT molecular complexity index is 437. The third-order valence-corrected chi connectivity index (χ3v) is 2.82. The first-order chi connectivity index (χ1) is 8.24. The zero-order valence-corrected chi connectivity index (χ0v) is 9.94. The summed E-state index contributed by atoms with van der Waals surface area (Å²) in [5.41, 5.74) is 2.13. The second-order valence-electron chi connectivity index (χ2n) is 3.97. The summed E-state index contributed by atoms with van der Waals surface area (Å²) in [5.74, 6) is 0.494. The number of hydrogen-bond donors (Lipinski definition) is 0. The van der Waals surface area contributed by atoms with Crippen molar-refractivity contribution in [2.75, 3.05) is 6.61 Å². The number of fused-ring (bicyclic) bond motifs is 1. The molecular weight excluding hydrogens is 216 g/mol. The second-order valence-corrected chi connectivity index (χ2v) is 3.97. The summed E-state index contributed by atoms with van der Waals surface area (Å²) < 4.78 is 10.6. The van der Waals surface area contributed by atoms with Gasteiger partial charge >= 0.3 is 5.97 Å². The molecule has 1 unspecified atom stereocenters. The maximum Gasteiger partial charge on any atom is 0.347 e. The molecule has 0 N–H and O–H groups in total. The van der Waals surface area contributed by atoms with Gasteiger partial charge in [0.05, 0.1) is 6.61 Å². The van der Waals surface area contributed by atoms with E-state index >= 15 is 0 Å². The lowest BCUT2D eigenvalue weighted by molar-refractivity contribution is -0.152. The van der Waals surface area contributed by atoms with Crippen LogP contribution in [-0.2, 0) is 16.0 Å². The maximum absolute atomic E-state index is 11.6. The zero-order chi connectivity index (χ0) is 12.3. The summed E-state index contributed by atoms with van der Waals surface area (Å²) in [6, 6.07) is 5.93. The molecule has 1 aliphatic heterocycles. The number of carbonyl (C=O) groups excluding carboxylic acids is 1. The summed E-state index contributed by atoms with van der Waals surface area (Å²) in [5, 5.41) is 0.